The highest BCUT2D eigenvalue weighted by Gasteiger charge is 2.13. The molecule has 1 aromatic carbocycles. The van der Waals surface area contributed by atoms with Gasteiger partial charge in [0.25, 0.3) is 5.56 Å². The number of aryl methyl sites for hydroxylation is 1. The van der Waals surface area contributed by atoms with Crippen molar-refractivity contribution in [1.82, 2.24) is 9.78 Å². The summed E-state index contributed by atoms with van der Waals surface area (Å²) >= 11 is 11.9. The Morgan fingerprint density at radius 2 is 2.10 bits per heavy atom. The van der Waals surface area contributed by atoms with Crippen LogP contribution < -0.4 is 10.9 Å². The molecule has 0 unspecified atom stereocenters. The van der Waals surface area contributed by atoms with Crippen LogP contribution in [-0.2, 0) is 13.0 Å². The molecule has 0 amide bonds. The Bertz CT molecular complexity index is 712. The average Bonchev–Trinajstić information content (AvgIpc) is 2.44. The minimum absolute atomic E-state index is 0.121. The second-order valence-electron chi connectivity index (χ2n) is 4.78. The van der Waals surface area contributed by atoms with Crippen molar-refractivity contribution < 1.29 is 0 Å². The van der Waals surface area contributed by atoms with Gasteiger partial charge in [-0.1, -0.05) is 29.3 Å². The van der Waals surface area contributed by atoms with Gasteiger partial charge in [-0.05, 0) is 30.5 Å². The molecule has 2 aromatic rings. The molecular weight excluding hydrogens is 297 g/mol. The Morgan fingerprint density at radius 1 is 1.25 bits per heavy atom. The fraction of sp³-hybridized carbons (Fsp3) is 0.286. The molecule has 0 radical (unpaired) electrons. The van der Waals surface area contributed by atoms with E-state index >= 15 is 0 Å². The Labute approximate surface area is 126 Å². The van der Waals surface area contributed by atoms with Crippen LogP contribution in [0.5, 0.6) is 0 Å². The van der Waals surface area contributed by atoms with Gasteiger partial charge in [0, 0.05) is 12.6 Å². The van der Waals surface area contributed by atoms with E-state index in [0.29, 0.717) is 16.6 Å². The van der Waals surface area contributed by atoms with E-state index in [1.54, 1.807) is 18.2 Å². The molecule has 1 N–H and O–H groups in total. The normalized spacial score (nSPS) is 13.7. The van der Waals surface area contributed by atoms with Crippen LogP contribution in [0.25, 0.3) is 0 Å². The van der Waals surface area contributed by atoms with Crippen molar-refractivity contribution in [3.63, 3.8) is 0 Å². The summed E-state index contributed by atoms with van der Waals surface area (Å²) in [5.41, 5.74) is 2.57. The minimum atomic E-state index is -0.121. The van der Waals surface area contributed by atoms with E-state index in [-0.39, 0.29) is 5.56 Å². The van der Waals surface area contributed by atoms with E-state index in [2.05, 4.69) is 10.4 Å². The third-order valence-electron chi connectivity index (χ3n) is 3.30. The van der Waals surface area contributed by atoms with Gasteiger partial charge in [0.2, 0.25) is 0 Å². The highest BCUT2D eigenvalue weighted by molar-refractivity contribution is 6.42. The number of hydrogen-bond acceptors (Lipinski definition) is 3. The van der Waals surface area contributed by atoms with Gasteiger partial charge in [-0.2, -0.15) is 5.10 Å². The van der Waals surface area contributed by atoms with Crippen LogP contribution in [0, 0.1) is 0 Å². The van der Waals surface area contributed by atoms with Crippen LogP contribution in [0.15, 0.2) is 29.1 Å². The first-order valence-corrected chi connectivity index (χ1v) is 7.18. The molecule has 0 aliphatic carbocycles. The van der Waals surface area contributed by atoms with E-state index in [4.69, 9.17) is 23.2 Å². The van der Waals surface area contributed by atoms with Gasteiger partial charge in [-0.25, -0.2) is 4.68 Å². The lowest BCUT2D eigenvalue weighted by Gasteiger charge is -2.17. The molecule has 0 bridgehead atoms. The zero-order chi connectivity index (χ0) is 14.1. The summed E-state index contributed by atoms with van der Waals surface area (Å²) in [7, 11) is 0. The van der Waals surface area contributed by atoms with Crippen molar-refractivity contribution in [2.75, 3.05) is 11.9 Å². The first-order chi connectivity index (χ1) is 9.63. The standard InChI is InChI=1S/C14H13Cl2N3O/c15-10-4-3-9(6-11(10)16)8-19-14(20)7-13-12(18-19)2-1-5-17-13/h3-4,6-7,17H,1-2,5,8H2. The summed E-state index contributed by atoms with van der Waals surface area (Å²) in [6.07, 6.45) is 1.93. The fourth-order valence-corrected chi connectivity index (χ4v) is 2.59. The zero-order valence-electron chi connectivity index (χ0n) is 10.7. The number of fused-ring (bicyclic) bond motifs is 1. The second kappa shape index (κ2) is 5.46. The van der Waals surface area contributed by atoms with Crippen molar-refractivity contribution in [3.8, 4) is 0 Å². The van der Waals surface area contributed by atoms with Gasteiger partial charge in [-0.15, -0.1) is 0 Å². The number of nitrogens with zero attached hydrogens (tertiary/aromatic N) is 2. The molecule has 0 saturated carbocycles. The lowest BCUT2D eigenvalue weighted by atomic mass is 10.1. The van der Waals surface area contributed by atoms with E-state index in [0.717, 1.165) is 36.3 Å². The summed E-state index contributed by atoms with van der Waals surface area (Å²) in [4.78, 5) is 12.0. The number of hydrogen-bond donors (Lipinski definition) is 1. The number of aromatic nitrogens is 2. The third kappa shape index (κ3) is 2.67. The number of halogens is 2. The molecule has 1 aromatic heterocycles. The molecule has 3 rings (SSSR count). The van der Waals surface area contributed by atoms with Gasteiger partial charge >= 0.3 is 0 Å². The van der Waals surface area contributed by atoms with Crippen LogP contribution >= 0.6 is 23.2 Å². The van der Waals surface area contributed by atoms with E-state index in [1.807, 2.05) is 6.07 Å². The van der Waals surface area contributed by atoms with E-state index in [9.17, 15) is 4.79 Å². The number of benzene rings is 1. The smallest absolute Gasteiger partial charge is 0.269 e. The van der Waals surface area contributed by atoms with Gasteiger partial charge in [0.15, 0.2) is 0 Å². The van der Waals surface area contributed by atoms with Crippen LogP contribution in [0.2, 0.25) is 10.0 Å². The number of rotatable bonds is 2. The first kappa shape index (κ1) is 13.5. The topological polar surface area (TPSA) is 46.9 Å². The molecule has 6 heteroatoms. The van der Waals surface area contributed by atoms with Crippen LogP contribution in [0.1, 0.15) is 17.7 Å². The maximum Gasteiger partial charge on any atom is 0.269 e. The van der Waals surface area contributed by atoms with Gasteiger partial charge in [-0.3, -0.25) is 4.79 Å². The molecule has 104 valence electrons. The van der Waals surface area contributed by atoms with Gasteiger partial charge in [0.1, 0.15) is 0 Å². The number of anilines is 1. The zero-order valence-corrected chi connectivity index (χ0v) is 12.2. The second-order valence-corrected chi connectivity index (χ2v) is 5.59. The predicted molar refractivity (Wildman–Crippen MR) is 80.9 cm³/mol. The van der Waals surface area contributed by atoms with E-state index in [1.165, 1.54) is 4.68 Å². The highest BCUT2D eigenvalue weighted by atomic mass is 35.5. The van der Waals surface area contributed by atoms with Crippen molar-refractivity contribution in [3.05, 3.63) is 55.9 Å². The monoisotopic (exact) mass is 309 g/mol. The largest absolute Gasteiger partial charge is 0.383 e. The molecule has 0 saturated heterocycles. The molecule has 1 aliphatic rings. The molecule has 2 heterocycles. The average molecular weight is 310 g/mol. The Morgan fingerprint density at radius 3 is 2.90 bits per heavy atom. The van der Waals surface area contributed by atoms with Gasteiger partial charge in [0.05, 0.1) is 28.0 Å². The Balaban J connectivity index is 1.94. The molecule has 0 spiro atoms. The van der Waals surface area contributed by atoms with E-state index < -0.39 is 0 Å². The van der Waals surface area contributed by atoms with Crippen LogP contribution in [-0.4, -0.2) is 16.3 Å². The van der Waals surface area contributed by atoms with Crippen LogP contribution in [0.3, 0.4) is 0 Å². The van der Waals surface area contributed by atoms with Crippen molar-refractivity contribution >= 4 is 28.9 Å². The SMILES string of the molecule is O=c1cc2c(nn1Cc1ccc(Cl)c(Cl)c1)CCCN2. The van der Waals surface area contributed by atoms with Crippen molar-refractivity contribution in [2.45, 2.75) is 19.4 Å². The molecular formula is C14H13Cl2N3O. The highest BCUT2D eigenvalue weighted by Crippen LogP contribution is 2.23. The summed E-state index contributed by atoms with van der Waals surface area (Å²) in [6.45, 7) is 1.29. The molecule has 4 nitrogen and oxygen atoms in total. The summed E-state index contributed by atoms with van der Waals surface area (Å²) in [5, 5.41) is 8.61. The number of nitrogens with one attached hydrogen (secondary N) is 1. The first-order valence-electron chi connectivity index (χ1n) is 6.42. The summed E-state index contributed by atoms with van der Waals surface area (Å²) in [6, 6.07) is 6.94. The van der Waals surface area contributed by atoms with Crippen molar-refractivity contribution in [1.29, 1.82) is 0 Å². The minimum Gasteiger partial charge on any atom is -0.383 e. The Hall–Kier alpha value is -1.52. The van der Waals surface area contributed by atoms with Crippen molar-refractivity contribution in [2.24, 2.45) is 0 Å². The molecule has 0 atom stereocenters. The molecule has 1 aliphatic heterocycles. The summed E-state index contributed by atoms with van der Waals surface area (Å²) < 4.78 is 1.46. The Kier molecular flexibility index (Phi) is 3.68. The van der Waals surface area contributed by atoms with Gasteiger partial charge < -0.3 is 5.32 Å². The lowest BCUT2D eigenvalue weighted by Crippen LogP contribution is -2.27. The summed E-state index contributed by atoms with van der Waals surface area (Å²) in [5.74, 6) is 0. The fourth-order valence-electron chi connectivity index (χ4n) is 2.27. The lowest BCUT2D eigenvalue weighted by molar-refractivity contribution is 0.608. The maximum atomic E-state index is 12.0. The third-order valence-corrected chi connectivity index (χ3v) is 4.04. The van der Waals surface area contributed by atoms with Crippen LogP contribution in [0.4, 0.5) is 5.69 Å². The predicted octanol–water partition coefficient (Wildman–Crippen LogP) is 2.96. The molecule has 0 fully saturated rings. The maximum absolute atomic E-state index is 12.0. The molecule has 20 heavy (non-hydrogen) atoms. The quantitative estimate of drug-likeness (QED) is 0.927.